The first kappa shape index (κ1) is 11.3. The number of unbranched alkanes of at least 4 members (excludes halogenated alkanes) is 3. The highest BCUT2D eigenvalue weighted by molar-refractivity contribution is 5.05. The lowest BCUT2D eigenvalue weighted by Gasteiger charge is -1.97. The maximum Gasteiger partial charge on any atom is 0.143 e. The Bertz CT molecular complexity index is 217. The monoisotopic (exact) mass is 194 g/mol. The summed E-state index contributed by atoms with van der Waals surface area (Å²) in [5.74, 6) is 2.28. The highest BCUT2D eigenvalue weighted by Gasteiger charge is 2.42. The van der Waals surface area contributed by atoms with E-state index in [1.165, 1.54) is 12.8 Å². The van der Waals surface area contributed by atoms with Crippen LogP contribution in [0.1, 0.15) is 32.1 Å². The van der Waals surface area contributed by atoms with Crippen LogP contribution in [0, 0.1) is 12.3 Å². The Morgan fingerprint density at radius 1 is 1.50 bits per heavy atom. The number of hydrogen-bond donors (Lipinski definition) is 1. The van der Waals surface area contributed by atoms with Gasteiger partial charge < -0.3 is 9.84 Å². The second-order valence-electron chi connectivity index (χ2n) is 3.68. The van der Waals surface area contributed by atoms with E-state index in [1.807, 2.05) is 6.08 Å². The summed E-state index contributed by atoms with van der Waals surface area (Å²) in [6.45, 7) is 3.67. The topological polar surface area (TPSA) is 32.8 Å². The summed E-state index contributed by atoms with van der Waals surface area (Å²) in [5, 5.41) is 9.23. The van der Waals surface area contributed by atoms with Crippen molar-refractivity contribution in [2.24, 2.45) is 0 Å². The highest BCUT2D eigenvalue weighted by atomic mass is 16.6. The molecule has 0 aromatic rings. The van der Waals surface area contributed by atoms with Gasteiger partial charge >= 0.3 is 0 Å². The van der Waals surface area contributed by atoms with Crippen LogP contribution < -0.4 is 0 Å². The van der Waals surface area contributed by atoms with E-state index in [4.69, 9.17) is 11.2 Å². The Labute approximate surface area is 86.0 Å². The van der Waals surface area contributed by atoms with Crippen LogP contribution in [0.3, 0.4) is 0 Å². The summed E-state index contributed by atoms with van der Waals surface area (Å²) in [5.41, 5.74) is 0. The molecule has 0 bridgehead atoms. The van der Waals surface area contributed by atoms with Gasteiger partial charge in [-0.05, 0) is 19.3 Å². The van der Waals surface area contributed by atoms with Crippen LogP contribution in [0.25, 0.3) is 0 Å². The van der Waals surface area contributed by atoms with E-state index in [1.54, 1.807) is 0 Å². The maximum absolute atomic E-state index is 9.23. The molecule has 1 N–H and O–H groups in total. The Hall–Kier alpha value is -0.780. The summed E-state index contributed by atoms with van der Waals surface area (Å²) in [6, 6.07) is 0. The lowest BCUT2D eigenvalue weighted by Crippen LogP contribution is -2.13. The molecule has 2 heteroatoms. The molecule has 0 aromatic heterocycles. The number of hydrogen-bond acceptors (Lipinski definition) is 2. The van der Waals surface area contributed by atoms with Crippen LogP contribution in [0.2, 0.25) is 0 Å². The van der Waals surface area contributed by atoms with E-state index in [0.717, 1.165) is 19.3 Å². The van der Waals surface area contributed by atoms with Crippen molar-refractivity contribution < 1.29 is 9.84 Å². The third-order valence-corrected chi connectivity index (χ3v) is 2.50. The Kier molecular flexibility index (Phi) is 4.72. The van der Waals surface area contributed by atoms with Crippen LogP contribution in [0.4, 0.5) is 0 Å². The molecule has 1 heterocycles. The largest absolute Gasteiger partial charge is 0.378 e. The molecule has 2 nitrogen and oxygen atoms in total. The fourth-order valence-corrected chi connectivity index (χ4v) is 1.57. The molecular formula is C12H18O2. The average Bonchev–Trinajstić information content (AvgIpc) is 2.96. The van der Waals surface area contributed by atoms with E-state index < -0.39 is 6.10 Å². The van der Waals surface area contributed by atoms with E-state index in [9.17, 15) is 5.11 Å². The molecule has 1 fully saturated rings. The standard InChI is InChI=1S/C12H18O2/c1-3-5-6-7-8-9-11-12(14-11)10(13)4-2/h2-3,10-13H,1,5-9H2/t10-,11+,12+/m0/s1. The van der Waals surface area contributed by atoms with Crippen molar-refractivity contribution in [1.82, 2.24) is 0 Å². The molecule has 0 radical (unpaired) electrons. The predicted octanol–water partition coefficient (Wildman–Crippen LogP) is 1.88. The molecule has 1 saturated heterocycles. The number of terminal acetylenes is 1. The van der Waals surface area contributed by atoms with Gasteiger partial charge in [0.2, 0.25) is 0 Å². The molecule has 0 aromatic carbocycles. The van der Waals surface area contributed by atoms with Crippen molar-refractivity contribution in [3.8, 4) is 12.3 Å². The smallest absolute Gasteiger partial charge is 0.143 e. The van der Waals surface area contributed by atoms with Crippen molar-refractivity contribution in [2.75, 3.05) is 0 Å². The van der Waals surface area contributed by atoms with Crippen molar-refractivity contribution in [2.45, 2.75) is 50.4 Å². The summed E-state index contributed by atoms with van der Waals surface area (Å²) in [6.07, 6.45) is 12.0. The van der Waals surface area contributed by atoms with E-state index in [-0.39, 0.29) is 12.2 Å². The van der Waals surface area contributed by atoms with Crippen LogP contribution in [0.5, 0.6) is 0 Å². The average molecular weight is 194 g/mol. The third-order valence-electron chi connectivity index (χ3n) is 2.50. The van der Waals surface area contributed by atoms with Crippen LogP contribution in [-0.2, 0) is 4.74 Å². The molecule has 0 unspecified atom stereocenters. The zero-order valence-corrected chi connectivity index (χ0v) is 8.48. The molecule has 0 saturated carbocycles. The molecule has 0 aliphatic carbocycles. The molecule has 78 valence electrons. The SMILES string of the molecule is C#C[C@H](O)[C@H]1O[C@@H]1CCCCCC=C. The second-order valence-corrected chi connectivity index (χ2v) is 3.68. The number of rotatable bonds is 7. The van der Waals surface area contributed by atoms with Gasteiger partial charge in [-0.3, -0.25) is 0 Å². The molecule has 1 rings (SSSR count). The summed E-state index contributed by atoms with van der Waals surface area (Å²) in [7, 11) is 0. The molecular weight excluding hydrogens is 176 g/mol. The summed E-state index contributed by atoms with van der Waals surface area (Å²) in [4.78, 5) is 0. The maximum atomic E-state index is 9.23. The molecule has 3 atom stereocenters. The van der Waals surface area contributed by atoms with E-state index in [2.05, 4.69) is 12.5 Å². The minimum atomic E-state index is -0.715. The number of ether oxygens (including phenoxy) is 1. The zero-order valence-electron chi connectivity index (χ0n) is 8.48. The molecule has 1 aliphatic heterocycles. The van der Waals surface area contributed by atoms with Crippen LogP contribution >= 0.6 is 0 Å². The van der Waals surface area contributed by atoms with Gasteiger partial charge in [0.05, 0.1) is 6.10 Å². The van der Waals surface area contributed by atoms with Gasteiger partial charge in [0.1, 0.15) is 12.2 Å². The minimum Gasteiger partial charge on any atom is -0.378 e. The van der Waals surface area contributed by atoms with Gasteiger partial charge in [-0.25, -0.2) is 0 Å². The third kappa shape index (κ3) is 3.53. The van der Waals surface area contributed by atoms with E-state index in [0.29, 0.717) is 0 Å². The van der Waals surface area contributed by atoms with Gasteiger partial charge in [-0.15, -0.1) is 13.0 Å². The number of allylic oxidation sites excluding steroid dienone is 1. The summed E-state index contributed by atoms with van der Waals surface area (Å²) >= 11 is 0. The van der Waals surface area contributed by atoms with Crippen molar-refractivity contribution in [3.05, 3.63) is 12.7 Å². The molecule has 0 amide bonds. The zero-order chi connectivity index (χ0) is 10.4. The Balaban J connectivity index is 1.95. The summed E-state index contributed by atoms with van der Waals surface area (Å²) < 4.78 is 5.26. The normalized spacial score (nSPS) is 26.6. The number of aliphatic hydroxyl groups is 1. The van der Waals surface area contributed by atoms with Gasteiger partial charge in [-0.2, -0.15) is 0 Å². The van der Waals surface area contributed by atoms with Crippen molar-refractivity contribution in [3.63, 3.8) is 0 Å². The Morgan fingerprint density at radius 2 is 2.29 bits per heavy atom. The fourth-order valence-electron chi connectivity index (χ4n) is 1.57. The lowest BCUT2D eigenvalue weighted by molar-refractivity contribution is 0.185. The quantitative estimate of drug-likeness (QED) is 0.290. The van der Waals surface area contributed by atoms with E-state index >= 15 is 0 Å². The predicted molar refractivity (Wildman–Crippen MR) is 56.8 cm³/mol. The van der Waals surface area contributed by atoms with Crippen molar-refractivity contribution in [1.29, 1.82) is 0 Å². The molecule has 1 aliphatic rings. The highest BCUT2D eigenvalue weighted by Crippen LogP contribution is 2.29. The fraction of sp³-hybridized carbons (Fsp3) is 0.667. The molecule has 14 heavy (non-hydrogen) atoms. The first-order valence-corrected chi connectivity index (χ1v) is 5.20. The number of epoxide rings is 1. The van der Waals surface area contributed by atoms with Crippen molar-refractivity contribution >= 4 is 0 Å². The second kappa shape index (κ2) is 5.85. The van der Waals surface area contributed by atoms with Gasteiger partial charge in [0.25, 0.3) is 0 Å². The van der Waals surface area contributed by atoms with Crippen LogP contribution in [-0.4, -0.2) is 23.4 Å². The first-order chi connectivity index (χ1) is 6.79. The minimum absolute atomic E-state index is 0.0978. The van der Waals surface area contributed by atoms with Gasteiger partial charge in [-0.1, -0.05) is 24.8 Å². The molecule has 0 spiro atoms. The Morgan fingerprint density at radius 3 is 2.93 bits per heavy atom. The number of aliphatic hydroxyl groups excluding tert-OH is 1. The first-order valence-electron chi connectivity index (χ1n) is 5.20. The van der Waals surface area contributed by atoms with Gasteiger partial charge in [0, 0.05) is 0 Å². The van der Waals surface area contributed by atoms with Gasteiger partial charge in [0.15, 0.2) is 0 Å². The van der Waals surface area contributed by atoms with Crippen LogP contribution in [0.15, 0.2) is 12.7 Å². The lowest BCUT2D eigenvalue weighted by atomic mass is 10.1.